The Hall–Kier alpha value is -0.490. The number of furan rings is 1. The van der Waals surface area contributed by atoms with Gasteiger partial charge in [-0.15, -0.1) is 0 Å². The fraction of sp³-hybridized carbons (Fsp3) is 0.667. The molecule has 1 aliphatic rings. The Morgan fingerprint density at radius 2 is 2.06 bits per heavy atom. The predicted octanol–water partition coefficient (Wildman–Crippen LogP) is 4.25. The summed E-state index contributed by atoms with van der Waals surface area (Å²) in [5.41, 5.74) is 0. The maximum absolute atomic E-state index is 12.9. The zero-order chi connectivity index (χ0) is 13.2. The second-order valence-electron chi connectivity index (χ2n) is 4.61. The van der Waals surface area contributed by atoms with Crippen LogP contribution in [0.3, 0.4) is 0 Å². The lowest BCUT2D eigenvalue weighted by Gasteiger charge is -2.33. The van der Waals surface area contributed by atoms with E-state index in [1.165, 1.54) is 6.26 Å². The van der Waals surface area contributed by atoms with Crippen LogP contribution in [0.2, 0.25) is 0 Å². The first-order valence-electron chi connectivity index (χ1n) is 6.00. The van der Waals surface area contributed by atoms with Crippen LogP contribution in [0, 0.1) is 5.92 Å². The van der Waals surface area contributed by atoms with Gasteiger partial charge in [0.2, 0.25) is 0 Å². The summed E-state index contributed by atoms with van der Waals surface area (Å²) >= 11 is 3.29. The molecule has 0 aromatic carbocycles. The highest BCUT2D eigenvalue weighted by Gasteiger charge is 2.45. The molecule has 0 saturated heterocycles. The predicted molar refractivity (Wildman–Crippen MR) is 65.0 cm³/mol. The van der Waals surface area contributed by atoms with E-state index in [1.54, 1.807) is 6.07 Å². The third-order valence-electron chi connectivity index (χ3n) is 3.40. The molecular formula is C12H15BrF3NO. The molecule has 0 radical (unpaired) electrons. The van der Waals surface area contributed by atoms with Gasteiger partial charge in [-0.05, 0) is 34.8 Å². The molecule has 18 heavy (non-hydrogen) atoms. The fourth-order valence-corrected chi connectivity index (χ4v) is 2.78. The molecule has 1 aromatic rings. The number of hydrogen-bond acceptors (Lipinski definition) is 2. The summed E-state index contributed by atoms with van der Waals surface area (Å²) in [4.78, 5) is 0. The molecule has 6 heteroatoms. The minimum absolute atomic E-state index is 0.223. The molecule has 1 N–H and O–H groups in total. The van der Waals surface area contributed by atoms with Crippen LogP contribution in [0.25, 0.3) is 0 Å². The van der Waals surface area contributed by atoms with Gasteiger partial charge < -0.3 is 9.73 Å². The summed E-state index contributed by atoms with van der Waals surface area (Å²) in [7, 11) is 0. The highest BCUT2D eigenvalue weighted by Crippen LogP contribution is 2.37. The van der Waals surface area contributed by atoms with E-state index in [2.05, 4.69) is 21.2 Å². The summed E-state index contributed by atoms with van der Waals surface area (Å²) < 4.78 is 44.6. The smallest absolute Gasteiger partial charge is 0.393 e. The number of alkyl halides is 3. The van der Waals surface area contributed by atoms with Crippen molar-refractivity contribution in [3.63, 3.8) is 0 Å². The van der Waals surface area contributed by atoms with Crippen molar-refractivity contribution < 1.29 is 17.6 Å². The lowest BCUT2D eigenvalue weighted by atomic mass is 9.84. The van der Waals surface area contributed by atoms with Crippen molar-refractivity contribution in [2.45, 2.75) is 44.4 Å². The number of halogens is 4. The maximum atomic E-state index is 12.9. The summed E-state index contributed by atoms with van der Waals surface area (Å²) in [6.07, 6.45) is -0.291. The molecule has 0 amide bonds. The third-order valence-corrected chi connectivity index (χ3v) is 4.11. The van der Waals surface area contributed by atoms with Gasteiger partial charge in [-0.25, -0.2) is 0 Å². The van der Waals surface area contributed by atoms with Crippen LogP contribution in [0.1, 0.15) is 31.4 Å². The average molecular weight is 326 g/mol. The quantitative estimate of drug-likeness (QED) is 0.898. The van der Waals surface area contributed by atoms with E-state index in [1.807, 2.05) is 0 Å². The standard InChI is InChI=1S/C12H15BrF3NO/c13-9-5-6-18-11(9)7-17-10-4-2-1-3-8(10)12(14,15)16/h5-6,8,10,17H,1-4,7H2. The van der Waals surface area contributed by atoms with Crippen LogP contribution in [0.5, 0.6) is 0 Å². The van der Waals surface area contributed by atoms with E-state index < -0.39 is 18.1 Å². The minimum Gasteiger partial charge on any atom is -0.467 e. The van der Waals surface area contributed by atoms with Crippen molar-refractivity contribution in [3.05, 3.63) is 22.6 Å². The molecule has 2 atom stereocenters. The second kappa shape index (κ2) is 5.65. The minimum atomic E-state index is -4.11. The van der Waals surface area contributed by atoms with E-state index >= 15 is 0 Å². The second-order valence-corrected chi connectivity index (χ2v) is 5.47. The van der Waals surface area contributed by atoms with Gasteiger partial charge in [0.1, 0.15) is 5.76 Å². The molecule has 0 bridgehead atoms. The SMILES string of the molecule is FC(F)(F)C1CCCCC1NCc1occc1Br. The maximum Gasteiger partial charge on any atom is 0.393 e. The monoisotopic (exact) mass is 325 g/mol. The zero-order valence-electron chi connectivity index (χ0n) is 9.77. The van der Waals surface area contributed by atoms with E-state index in [0.29, 0.717) is 25.1 Å². The molecule has 1 fully saturated rings. The van der Waals surface area contributed by atoms with Crippen molar-refractivity contribution >= 4 is 15.9 Å². The van der Waals surface area contributed by atoms with Crippen LogP contribution in [-0.4, -0.2) is 12.2 Å². The molecule has 0 aliphatic heterocycles. The van der Waals surface area contributed by atoms with E-state index in [9.17, 15) is 13.2 Å². The van der Waals surface area contributed by atoms with Gasteiger partial charge in [-0.2, -0.15) is 13.2 Å². The van der Waals surface area contributed by atoms with Crippen molar-refractivity contribution in [2.75, 3.05) is 0 Å². The fourth-order valence-electron chi connectivity index (χ4n) is 2.44. The summed E-state index contributed by atoms with van der Waals surface area (Å²) in [6.45, 7) is 0.324. The van der Waals surface area contributed by atoms with Crippen LogP contribution < -0.4 is 5.32 Å². The highest BCUT2D eigenvalue weighted by atomic mass is 79.9. The first-order chi connectivity index (χ1) is 8.48. The van der Waals surface area contributed by atoms with E-state index in [0.717, 1.165) is 10.9 Å². The van der Waals surface area contributed by atoms with Crippen molar-refractivity contribution in [2.24, 2.45) is 5.92 Å². The number of hydrogen-bond donors (Lipinski definition) is 1. The Morgan fingerprint density at radius 3 is 2.67 bits per heavy atom. The molecule has 1 saturated carbocycles. The number of rotatable bonds is 3. The number of nitrogens with one attached hydrogen (secondary N) is 1. The van der Waals surface area contributed by atoms with Gasteiger partial charge in [0.25, 0.3) is 0 Å². The van der Waals surface area contributed by atoms with Gasteiger partial charge in [-0.1, -0.05) is 12.8 Å². The first-order valence-corrected chi connectivity index (χ1v) is 6.80. The lowest BCUT2D eigenvalue weighted by molar-refractivity contribution is -0.189. The van der Waals surface area contributed by atoms with Gasteiger partial charge in [-0.3, -0.25) is 0 Å². The molecular weight excluding hydrogens is 311 g/mol. The molecule has 2 unspecified atom stereocenters. The third kappa shape index (κ3) is 3.29. The first kappa shape index (κ1) is 13.9. The van der Waals surface area contributed by atoms with E-state index in [-0.39, 0.29) is 6.42 Å². The zero-order valence-corrected chi connectivity index (χ0v) is 11.4. The molecule has 1 aliphatic carbocycles. The largest absolute Gasteiger partial charge is 0.467 e. The van der Waals surface area contributed by atoms with Crippen molar-refractivity contribution in [1.82, 2.24) is 5.32 Å². The van der Waals surface area contributed by atoms with E-state index in [4.69, 9.17) is 4.42 Å². The van der Waals surface area contributed by atoms with Gasteiger partial charge >= 0.3 is 6.18 Å². The highest BCUT2D eigenvalue weighted by molar-refractivity contribution is 9.10. The van der Waals surface area contributed by atoms with Crippen molar-refractivity contribution in [3.8, 4) is 0 Å². The lowest BCUT2D eigenvalue weighted by Crippen LogP contribution is -2.45. The molecule has 0 spiro atoms. The summed E-state index contributed by atoms with van der Waals surface area (Å²) in [5.74, 6) is -0.596. The van der Waals surface area contributed by atoms with Crippen LogP contribution in [0.4, 0.5) is 13.2 Å². The summed E-state index contributed by atoms with van der Waals surface area (Å²) in [5, 5.41) is 2.98. The molecule has 1 aromatic heterocycles. The Balaban J connectivity index is 1.96. The van der Waals surface area contributed by atoms with Crippen molar-refractivity contribution in [1.29, 1.82) is 0 Å². The van der Waals surface area contributed by atoms with Gasteiger partial charge in [0.15, 0.2) is 0 Å². The molecule has 102 valence electrons. The Morgan fingerprint density at radius 1 is 1.33 bits per heavy atom. The Bertz CT molecular complexity index is 391. The van der Waals surface area contributed by atoms with Crippen LogP contribution in [-0.2, 0) is 6.54 Å². The average Bonchev–Trinajstić information content (AvgIpc) is 2.71. The summed E-state index contributed by atoms with van der Waals surface area (Å²) in [6, 6.07) is 1.23. The Labute approximate surface area is 112 Å². The van der Waals surface area contributed by atoms with Crippen LogP contribution >= 0.6 is 15.9 Å². The van der Waals surface area contributed by atoms with Gasteiger partial charge in [0, 0.05) is 6.04 Å². The topological polar surface area (TPSA) is 25.2 Å². The molecule has 2 nitrogen and oxygen atoms in total. The van der Waals surface area contributed by atoms with Gasteiger partial charge in [0.05, 0.1) is 23.2 Å². The Kier molecular flexibility index (Phi) is 4.37. The molecule has 2 rings (SSSR count). The molecule has 1 heterocycles. The van der Waals surface area contributed by atoms with Crippen LogP contribution in [0.15, 0.2) is 21.2 Å². The normalized spacial score (nSPS) is 25.3.